The van der Waals surface area contributed by atoms with Gasteiger partial charge in [0.25, 0.3) is 5.97 Å². The highest BCUT2D eigenvalue weighted by molar-refractivity contribution is 8.76. The molecule has 2 heterocycles. The SMILES string of the molecule is CC(=O)O.NCCCC[C@H](NC(=O)[C@@H]1CCCN1C(=O)C1CSSC[C@H](N)C(=O)NC(Cc2ccc(O)cc2)C(=O)N[C@@H](Cc2ccccc2)C(=O)NC(CCC(N)=O)C(=O)N[C@@H](CC(N)=O)C(=O)N1)C(=O)NCC(N)=O. The Morgan fingerprint density at radius 3 is 1.84 bits per heavy atom. The molecule has 2 aromatic carbocycles. The zero-order valence-corrected chi connectivity index (χ0v) is 44.0. The first kappa shape index (κ1) is 63.8. The molecule has 8 atom stereocenters. The predicted molar refractivity (Wildman–Crippen MR) is 282 cm³/mol. The lowest BCUT2D eigenvalue weighted by Crippen LogP contribution is -2.61. The summed E-state index contributed by atoms with van der Waals surface area (Å²) in [4.78, 5) is 158. The first-order valence-electron chi connectivity index (χ1n) is 24.5. The highest BCUT2D eigenvalue weighted by atomic mass is 33.1. The summed E-state index contributed by atoms with van der Waals surface area (Å²) in [5.74, 6) is -10.8. The highest BCUT2D eigenvalue weighted by Gasteiger charge is 2.40. The van der Waals surface area contributed by atoms with Crippen LogP contribution in [0.1, 0.15) is 69.4 Å². The molecule has 11 amide bonds. The molecule has 0 aliphatic carbocycles. The van der Waals surface area contributed by atoms with Crippen LogP contribution in [0.5, 0.6) is 5.75 Å². The van der Waals surface area contributed by atoms with Crippen LogP contribution in [0.4, 0.5) is 0 Å². The van der Waals surface area contributed by atoms with Gasteiger partial charge >= 0.3 is 0 Å². The van der Waals surface area contributed by atoms with Gasteiger partial charge in [-0.3, -0.25) is 57.5 Å². The zero-order valence-electron chi connectivity index (χ0n) is 42.4. The Labute approximate surface area is 451 Å². The maximum atomic E-state index is 14.6. The minimum Gasteiger partial charge on any atom is -0.508 e. The first-order chi connectivity index (χ1) is 36.5. The number of amides is 11. The number of hydrogen-bond donors (Lipinski definition) is 14. The molecular formula is C48H69N13O14S2. The second-order valence-electron chi connectivity index (χ2n) is 18.0. The van der Waals surface area contributed by atoms with Crippen molar-refractivity contribution in [3.63, 3.8) is 0 Å². The number of carboxylic acid groups (broad SMARTS) is 1. The number of rotatable bonds is 19. The number of phenols is 1. The van der Waals surface area contributed by atoms with Crippen molar-refractivity contribution < 1.29 is 67.7 Å². The number of aliphatic carboxylic acids is 1. The smallest absolute Gasteiger partial charge is 0.300 e. The molecule has 19 N–H and O–H groups in total. The number of carbonyl (C=O) groups is 12. The van der Waals surface area contributed by atoms with Crippen molar-refractivity contribution in [1.82, 2.24) is 42.1 Å². The van der Waals surface area contributed by atoms with E-state index in [0.29, 0.717) is 36.9 Å². The van der Waals surface area contributed by atoms with Crippen molar-refractivity contribution in [3.8, 4) is 5.75 Å². The van der Waals surface area contributed by atoms with E-state index in [-0.39, 0.29) is 49.5 Å². The number of aromatic hydroxyl groups is 1. The van der Waals surface area contributed by atoms with Crippen LogP contribution in [0.25, 0.3) is 0 Å². The third kappa shape index (κ3) is 23.1. The van der Waals surface area contributed by atoms with Crippen LogP contribution in [0.15, 0.2) is 54.6 Å². The lowest BCUT2D eigenvalue weighted by atomic mass is 10.0. The number of carboxylic acids is 1. The number of nitrogens with two attached hydrogens (primary N) is 5. The quantitative estimate of drug-likeness (QED) is 0.0468. The van der Waals surface area contributed by atoms with Gasteiger partial charge in [-0.25, -0.2) is 0 Å². The Morgan fingerprint density at radius 1 is 0.714 bits per heavy atom. The maximum absolute atomic E-state index is 14.6. The summed E-state index contributed by atoms with van der Waals surface area (Å²) < 4.78 is 0. The van der Waals surface area contributed by atoms with E-state index < -0.39 is 145 Å². The number of nitrogens with one attached hydrogen (secondary N) is 7. The minimum absolute atomic E-state index is 0.0324. The number of hydrogen-bond acceptors (Lipinski definition) is 17. The van der Waals surface area contributed by atoms with Crippen LogP contribution in [0, 0.1) is 0 Å². The molecule has 422 valence electrons. The van der Waals surface area contributed by atoms with E-state index in [2.05, 4.69) is 37.2 Å². The monoisotopic (exact) mass is 1120 g/mol. The summed E-state index contributed by atoms with van der Waals surface area (Å²) >= 11 is 0. The topological polar surface area (TPSA) is 463 Å². The Balaban J connectivity index is 0.00000376. The maximum Gasteiger partial charge on any atom is 0.300 e. The van der Waals surface area contributed by atoms with Crippen molar-refractivity contribution in [2.45, 2.75) is 119 Å². The van der Waals surface area contributed by atoms with Gasteiger partial charge < -0.3 is 81.0 Å². The summed E-state index contributed by atoms with van der Waals surface area (Å²) in [6.07, 6.45) is -0.386. The number of likely N-dealkylation sites (tertiary alicyclic amines) is 1. The Kier molecular flexibility index (Phi) is 27.2. The van der Waals surface area contributed by atoms with E-state index in [4.69, 9.17) is 38.6 Å². The van der Waals surface area contributed by atoms with Gasteiger partial charge in [-0.05, 0) is 68.3 Å². The molecule has 2 fully saturated rings. The van der Waals surface area contributed by atoms with Gasteiger partial charge in [0.15, 0.2) is 0 Å². The van der Waals surface area contributed by atoms with Crippen LogP contribution in [-0.2, 0) is 70.4 Å². The van der Waals surface area contributed by atoms with Crippen LogP contribution in [-0.4, -0.2) is 166 Å². The molecule has 3 unspecified atom stereocenters. The van der Waals surface area contributed by atoms with Gasteiger partial charge in [-0.15, -0.1) is 0 Å². The van der Waals surface area contributed by atoms with Crippen molar-refractivity contribution in [1.29, 1.82) is 0 Å². The number of phenolic OH excluding ortho intramolecular Hbond substituents is 1. The van der Waals surface area contributed by atoms with E-state index in [0.717, 1.165) is 28.5 Å². The molecule has 27 nitrogen and oxygen atoms in total. The number of unbranched alkanes of at least 4 members (excludes halogenated alkanes) is 1. The Morgan fingerprint density at radius 2 is 1.26 bits per heavy atom. The number of benzene rings is 2. The molecule has 0 saturated carbocycles. The van der Waals surface area contributed by atoms with Gasteiger partial charge in [0, 0.05) is 44.2 Å². The van der Waals surface area contributed by atoms with E-state index in [9.17, 15) is 57.8 Å². The molecule has 0 radical (unpaired) electrons. The predicted octanol–water partition coefficient (Wildman–Crippen LogP) is -4.24. The Hall–Kier alpha value is -7.50. The second-order valence-corrected chi connectivity index (χ2v) is 20.5. The molecule has 2 aliphatic heterocycles. The number of primary amides is 3. The molecule has 2 aromatic rings. The van der Waals surface area contributed by atoms with Crippen LogP contribution in [0.2, 0.25) is 0 Å². The van der Waals surface area contributed by atoms with Crippen LogP contribution >= 0.6 is 21.6 Å². The first-order valence-corrected chi connectivity index (χ1v) is 26.9. The van der Waals surface area contributed by atoms with Crippen LogP contribution in [0.3, 0.4) is 0 Å². The van der Waals surface area contributed by atoms with E-state index >= 15 is 0 Å². The van der Waals surface area contributed by atoms with Crippen molar-refractivity contribution in [2.24, 2.45) is 28.7 Å². The summed E-state index contributed by atoms with van der Waals surface area (Å²) in [5.41, 5.74) is 29.2. The minimum atomic E-state index is -1.78. The summed E-state index contributed by atoms with van der Waals surface area (Å²) in [7, 11) is 2.02. The molecule has 2 saturated heterocycles. The third-order valence-electron chi connectivity index (χ3n) is 11.6. The Bertz CT molecular complexity index is 2400. The van der Waals surface area contributed by atoms with Crippen LogP contribution < -0.4 is 65.9 Å². The van der Waals surface area contributed by atoms with Crippen molar-refractivity contribution in [2.75, 3.05) is 31.1 Å². The van der Waals surface area contributed by atoms with Crippen molar-refractivity contribution >= 4 is 92.5 Å². The number of nitrogens with zero attached hydrogens (tertiary/aromatic N) is 1. The van der Waals surface area contributed by atoms with Gasteiger partial charge in [0.1, 0.15) is 48.0 Å². The molecule has 4 rings (SSSR count). The fourth-order valence-electron chi connectivity index (χ4n) is 7.79. The lowest BCUT2D eigenvalue weighted by molar-refractivity contribution is -0.142. The van der Waals surface area contributed by atoms with E-state index in [1.165, 1.54) is 29.2 Å². The molecule has 0 bridgehead atoms. The molecule has 77 heavy (non-hydrogen) atoms. The second kappa shape index (κ2) is 32.8. The zero-order chi connectivity index (χ0) is 57.2. The lowest BCUT2D eigenvalue weighted by Gasteiger charge is -2.31. The fourth-order valence-corrected chi connectivity index (χ4v) is 10.1. The largest absolute Gasteiger partial charge is 0.508 e. The van der Waals surface area contributed by atoms with Gasteiger partial charge in [0.05, 0.1) is 19.0 Å². The van der Waals surface area contributed by atoms with Gasteiger partial charge in [-0.1, -0.05) is 64.1 Å². The van der Waals surface area contributed by atoms with Gasteiger partial charge in [-0.2, -0.15) is 0 Å². The third-order valence-corrected chi connectivity index (χ3v) is 14.1. The van der Waals surface area contributed by atoms with Crippen molar-refractivity contribution in [3.05, 3.63) is 65.7 Å². The van der Waals surface area contributed by atoms with E-state index in [1.807, 2.05) is 0 Å². The molecule has 0 aromatic heterocycles. The average Bonchev–Trinajstić information content (AvgIpc) is 3.87. The molecule has 29 heteroatoms. The van der Waals surface area contributed by atoms with Gasteiger partial charge in [0.2, 0.25) is 65.0 Å². The van der Waals surface area contributed by atoms with E-state index in [1.54, 1.807) is 30.3 Å². The summed E-state index contributed by atoms with van der Waals surface area (Å²) in [6, 6.07) is 3.09. The fraction of sp³-hybridized carbons (Fsp3) is 0.500. The summed E-state index contributed by atoms with van der Waals surface area (Å²) in [5, 5.41) is 35.2. The molecular weight excluding hydrogens is 1050 g/mol. The summed E-state index contributed by atoms with van der Waals surface area (Å²) in [6.45, 7) is 0.936. The normalized spacial score (nSPS) is 22.1. The highest BCUT2D eigenvalue weighted by Crippen LogP contribution is 2.26. The average molecular weight is 1120 g/mol. The molecule has 0 spiro atoms. The number of carbonyl (C=O) groups excluding carboxylic acids is 11. The standard InChI is InChI=1S/C46H65N13O12S2.C2H4O2/c47-17-5-4-9-29(40(65)52-22-38(51)63)54-45(70)35-10-6-18-59(35)46(71)34-24-73-72-23-28(48)39(64)55-31(20-26-11-13-27(60)14-12-26)43(68)56-32(19-25-7-2-1-3-8-25)42(67)53-30(15-16-36(49)61)41(66)57-33(21-37(50)62)44(69)58-34;1-2(3)4/h1-3,7-8,11-14,28-35,60H,4-6,9-10,15-24,47-48H2,(H2,49,61)(H2,50,62)(H2,51,63)(H,52,65)(H,53,67)(H,54,70)(H,55,64)(H,56,68)(H,57,66)(H,58,69);1H3,(H,3,4)/t28-,29-,30?,31?,32-,33-,34?,35-;/m0./s1. The molecule has 2 aliphatic rings.